The number of pyridine rings is 1. The number of hydrogen-bond donors (Lipinski definition) is 0. The lowest BCUT2D eigenvalue weighted by molar-refractivity contribution is -0.124. The summed E-state index contributed by atoms with van der Waals surface area (Å²) in [6, 6.07) is 9.61. The topological polar surface area (TPSA) is 50.3 Å². The van der Waals surface area contributed by atoms with E-state index in [0.29, 0.717) is 36.7 Å². The number of carbonyl (C=O) groups is 2. The van der Waals surface area contributed by atoms with Crippen molar-refractivity contribution in [2.45, 2.75) is 33.1 Å². The molecule has 2 heterocycles. The minimum atomic E-state index is -0.294. The number of benzene rings is 1. The van der Waals surface area contributed by atoms with E-state index in [0.717, 1.165) is 18.4 Å². The van der Waals surface area contributed by atoms with Gasteiger partial charge in [-0.25, -0.2) is 4.39 Å². The van der Waals surface area contributed by atoms with Crippen LogP contribution in [0.1, 0.15) is 43.5 Å². The van der Waals surface area contributed by atoms with Gasteiger partial charge in [0.2, 0.25) is 0 Å². The van der Waals surface area contributed by atoms with Gasteiger partial charge in [-0.2, -0.15) is 0 Å². The predicted octanol–water partition coefficient (Wildman–Crippen LogP) is 4.36. The second-order valence-electron chi connectivity index (χ2n) is 7.59. The average molecular weight is 368 g/mol. The zero-order valence-electron chi connectivity index (χ0n) is 15.8. The van der Waals surface area contributed by atoms with E-state index in [-0.39, 0.29) is 23.4 Å². The average Bonchev–Trinajstić information content (AvgIpc) is 2.68. The van der Waals surface area contributed by atoms with Crippen LogP contribution in [0.3, 0.4) is 0 Å². The molecule has 142 valence electrons. The number of piperidine rings is 1. The smallest absolute Gasteiger partial charge is 0.255 e. The summed E-state index contributed by atoms with van der Waals surface area (Å²) < 4.78 is 13.0. The summed E-state index contributed by atoms with van der Waals surface area (Å²) in [4.78, 5) is 31.3. The van der Waals surface area contributed by atoms with Crippen LogP contribution in [0.25, 0.3) is 11.3 Å². The van der Waals surface area contributed by atoms with E-state index in [4.69, 9.17) is 0 Å². The van der Waals surface area contributed by atoms with E-state index < -0.39 is 0 Å². The number of amides is 1. The second kappa shape index (κ2) is 8.42. The summed E-state index contributed by atoms with van der Waals surface area (Å²) in [6.07, 6.45) is 3.83. The molecule has 4 nitrogen and oxygen atoms in total. The van der Waals surface area contributed by atoms with E-state index >= 15 is 0 Å². The molecular weight excluding hydrogens is 343 g/mol. The third kappa shape index (κ3) is 4.79. The molecule has 0 N–H and O–H groups in total. The van der Waals surface area contributed by atoms with Crippen molar-refractivity contribution >= 4 is 11.7 Å². The molecule has 1 saturated heterocycles. The van der Waals surface area contributed by atoms with Gasteiger partial charge in [0.25, 0.3) is 5.91 Å². The summed E-state index contributed by atoms with van der Waals surface area (Å²) in [7, 11) is 0. The minimum absolute atomic E-state index is 0.0588. The predicted molar refractivity (Wildman–Crippen MR) is 103 cm³/mol. The van der Waals surface area contributed by atoms with Crippen LogP contribution in [0.15, 0.2) is 42.6 Å². The first-order chi connectivity index (χ1) is 12.9. The molecule has 1 aromatic heterocycles. The Morgan fingerprint density at radius 3 is 2.56 bits per heavy atom. The van der Waals surface area contributed by atoms with Crippen LogP contribution in [-0.2, 0) is 4.79 Å². The molecular formula is C22H25FN2O2. The first-order valence-corrected chi connectivity index (χ1v) is 9.48. The van der Waals surface area contributed by atoms with Gasteiger partial charge in [-0.15, -0.1) is 0 Å². The fourth-order valence-corrected chi connectivity index (χ4v) is 3.49. The lowest BCUT2D eigenvalue weighted by Crippen LogP contribution is -2.42. The molecule has 0 bridgehead atoms. The van der Waals surface area contributed by atoms with Crippen LogP contribution in [0.5, 0.6) is 0 Å². The summed E-state index contributed by atoms with van der Waals surface area (Å²) in [5.74, 6) is 0.156. The molecule has 0 radical (unpaired) electrons. The SMILES string of the molecule is CC(C)CC(=O)[C@@H]1CCCN(C(=O)c2ccc(-c3ccc(F)cc3)nc2)C1. The molecule has 0 aliphatic carbocycles. The van der Waals surface area contributed by atoms with E-state index in [1.165, 1.54) is 12.1 Å². The molecule has 1 amide bonds. The largest absolute Gasteiger partial charge is 0.338 e. The van der Waals surface area contributed by atoms with Crippen LogP contribution in [0, 0.1) is 17.7 Å². The van der Waals surface area contributed by atoms with Gasteiger partial charge in [-0.05, 0) is 55.2 Å². The number of Topliss-reactive ketones (excluding diaryl/α,β-unsaturated/α-hetero) is 1. The molecule has 1 aliphatic heterocycles. The molecule has 3 rings (SSSR count). The highest BCUT2D eigenvalue weighted by atomic mass is 19.1. The molecule has 0 saturated carbocycles. The maximum Gasteiger partial charge on any atom is 0.255 e. The Morgan fingerprint density at radius 2 is 1.93 bits per heavy atom. The van der Waals surface area contributed by atoms with Gasteiger partial charge >= 0.3 is 0 Å². The van der Waals surface area contributed by atoms with Gasteiger partial charge in [-0.1, -0.05) is 13.8 Å². The number of halogens is 1. The fraction of sp³-hybridized carbons (Fsp3) is 0.409. The third-order valence-corrected chi connectivity index (χ3v) is 4.92. The van der Waals surface area contributed by atoms with E-state index in [1.54, 1.807) is 35.4 Å². The molecule has 0 unspecified atom stereocenters. The molecule has 1 aliphatic rings. The number of rotatable bonds is 5. The summed E-state index contributed by atoms with van der Waals surface area (Å²) in [5.41, 5.74) is 2.00. The summed E-state index contributed by atoms with van der Waals surface area (Å²) in [5, 5.41) is 0. The molecule has 5 heteroatoms. The van der Waals surface area contributed by atoms with E-state index in [2.05, 4.69) is 4.98 Å². The first kappa shape index (κ1) is 19.2. The van der Waals surface area contributed by atoms with Gasteiger partial charge in [0.1, 0.15) is 11.6 Å². The quantitative estimate of drug-likeness (QED) is 0.788. The van der Waals surface area contributed by atoms with Crippen molar-refractivity contribution in [3.8, 4) is 11.3 Å². The molecule has 27 heavy (non-hydrogen) atoms. The van der Waals surface area contributed by atoms with Crippen LogP contribution in [0.2, 0.25) is 0 Å². The maximum absolute atomic E-state index is 13.0. The summed E-state index contributed by atoms with van der Waals surface area (Å²) >= 11 is 0. The number of nitrogens with zero attached hydrogens (tertiary/aromatic N) is 2. The lowest BCUT2D eigenvalue weighted by atomic mass is 9.89. The first-order valence-electron chi connectivity index (χ1n) is 9.48. The number of aromatic nitrogens is 1. The Hall–Kier alpha value is -2.56. The van der Waals surface area contributed by atoms with Gasteiger partial charge < -0.3 is 4.90 Å². The zero-order valence-corrected chi connectivity index (χ0v) is 15.8. The lowest BCUT2D eigenvalue weighted by Gasteiger charge is -2.32. The van der Waals surface area contributed by atoms with Crippen LogP contribution in [0.4, 0.5) is 4.39 Å². The van der Waals surface area contributed by atoms with Gasteiger partial charge in [0.05, 0.1) is 11.3 Å². The highest BCUT2D eigenvalue weighted by Crippen LogP contribution is 2.23. The monoisotopic (exact) mass is 368 g/mol. The van der Waals surface area contributed by atoms with Gasteiger partial charge in [0.15, 0.2) is 0 Å². The van der Waals surface area contributed by atoms with Crippen molar-refractivity contribution in [3.05, 3.63) is 54.0 Å². The van der Waals surface area contributed by atoms with Gasteiger partial charge in [0, 0.05) is 37.2 Å². The molecule has 1 aromatic carbocycles. The van der Waals surface area contributed by atoms with Crippen molar-refractivity contribution in [3.63, 3.8) is 0 Å². The Balaban J connectivity index is 1.68. The Morgan fingerprint density at radius 1 is 1.19 bits per heavy atom. The zero-order chi connectivity index (χ0) is 19.4. The Labute approximate surface area is 159 Å². The van der Waals surface area contributed by atoms with Crippen molar-refractivity contribution in [2.75, 3.05) is 13.1 Å². The molecule has 1 fully saturated rings. The highest BCUT2D eigenvalue weighted by Gasteiger charge is 2.29. The standard InChI is InChI=1S/C22H25FN2O2/c1-15(2)12-21(26)18-4-3-11-25(14-18)22(27)17-7-10-20(24-13-17)16-5-8-19(23)9-6-16/h5-10,13,15,18H,3-4,11-12,14H2,1-2H3/t18-/m1/s1. The van der Waals surface area contributed by atoms with E-state index in [1.807, 2.05) is 13.8 Å². The maximum atomic E-state index is 13.0. The van der Waals surface area contributed by atoms with Crippen LogP contribution >= 0.6 is 0 Å². The molecule has 2 aromatic rings. The summed E-state index contributed by atoms with van der Waals surface area (Å²) in [6.45, 7) is 5.24. The third-order valence-electron chi connectivity index (χ3n) is 4.92. The van der Waals surface area contributed by atoms with Crippen LogP contribution in [-0.4, -0.2) is 34.7 Å². The molecule has 0 spiro atoms. The number of likely N-dealkylation sites (tertiary alicyclic amines) is 1. The van der Waals surface area contributed by atoms with Gasteiger partial charge in [-0.3, -0.25) is 14.6 Å². The number of hydrogen-bond acceptors (Lipinski definition) is 3. The minimum Gasteiger partial charge on any atom is -0.338 e. The number of ketones is 1. The van der Waals surface area contributed by atoms with Crippen molar-refractivity contribution in [1.29, 1.82) is 0 Å². The van der Waals surface area contributed by atoms with E-state index in [9.17, 15) is 14.0 Å². The normalized spacial score (nSPS) is 17.2. The van der Waals surface area contributed by atoms with Crippen LogP contribution < -0.4 is 0 Å². The Bertz CT molecular complexity index is 800. The molecule has 1 atom stereocenters. The Kier molecular flexibility index (Phi) is 5.99. The fourth-order valence-electron chi connectivity index (χ4n) is 3.49. The van der Waals surface area contributed by atoms with Crippen molar-refractivity contribution in [2.24, 2.45) is 11.8 Å². The second-order valence-corrected chi connectivity index (χ2v) is 7.59. The van der Waals surface area contributed by atoms with Crippen molar-refractivity contribution in [1.82, 2.24) is 9.88 Å². The van der Waals surface area contributed by atoms with Crippen molar-refractivity contribution < 1.29 is 14.0 Å². The highest BCUT2D eigenvalue weighted by molar-refractivity contribution is 5.94. The number of carbonyl (C=O) groups excluding carboxylic acids is 2.